The van der Waals surface area contributed by atoms with Crippen LogP contribution in [0.25, 0.3) is 49.7 Å². The molecule has 0 saturated heterocycles. The minimum atomic E-state index is 1.10. The van der Waals surface area contributed by atoms with Crippen LogP contribution in [-0.4, -0.2) is 4.57 Å². The van der Waals surface area contributed by atoms with E-state index in [-0.39, 0.29) is 0 Å². The molecule has 6 aromatic rings. The Kier molecular flexibility index (Phi) is 4.66. The minimum absolute atomic E-state index is 1.10. The Morgan fingerprint density at radius 2 is 1.06 bits per heavy atom. The predicted octanol–water partition coefficient (Wildman–Crippen LogP) is 8.88. The summed E-state index contributed by atoms with van der Waals surface area (Å²) in [5.41, 5.74) is 8.56. The van der Waals surface area contributed by atoms with E-state index in [4.69, 9.17) is 0 Å². The third-order valence-electron chi connectivity index (χ3n) is 6.08. The van der Waals surface area contributed by atoms with Crippen molar-refractivity contribution in [3.05, 3.63) is 126 Å². The molecule has 0 fully saturated rings. The molecule has 6 rings (SSSR count). The number of nitrogens with zero attached hydrogens (tertiary/aromatic N) is 1. The van der Waals surface area contributed by atoms with E-state index in [0.29, 0.717) is 0 Å². The van der Waals surface area contributed by atoms with Gasteiger partial charge in [-0.25, -0.2) is 0 Å². The second kappa shape index (κ2) is 7.81. The molecule has 32 heavy (non-hydrogen) atoms. The summed E-state index contributed by atoms with van der Waals surface area (Å²) in [5, 5.41) is 2.52. The van der Waals surface area contributed by atoms with Crippen molar-refractivity contribution in [3.63, 3.8) is 0 Å². The van der Waals surface area contributed by atoms with Crippen molar-refractivity contribution in [1.82, 2.24) is 4.57 Å². The van der Waals surface area contributed by atoms with E-state index in [9.17, 15) is 0 Å². The number of benzene rings is 5. The van der Waals surface area contributed by atoms with Gasteiger partial charge in [-0.05, 0) is 58.7 Å². The number of rotatable bonds is 3. The van der Waals surface area contributed by atoms with Gasteiger partial charge in [0.2, 0.25) is 0 Å². The Morgan fingerprint density at radius 1 is 0.469 bits per heavy atom. The Morgan fingerprint density at radius 3 is 1.81 bits per heavy atom. The van der Waals surface area contributed by atoms with Crippen LogP contribution >= 0.6 is 15.9 Å². The number of hydrogen-bond donors (Lipinski definition) is 0. The summed E-state index contributed by atoms with van der Waals surface area (Å²) in [6.07, 6.45) is 0. The lowest BCUT2D eigenvalue weighted by Crippen LogP contribution is -1.94. The SMILES string of the molecule is Brc1ccc2c(c1)c1ccccc1n2-c1ccc(-c2ccccc2-c2ccccc2)cc1. The van der Waals surface area contributed by atoms with E-state index in [2.05, 4.69) is 142 Å². The van der Waals surface area contributed by atoms with Gasteiger partial charge in [-0.15, -0.1) is 0 Å². The van der Waals surface area contributed by atoms with Crippen LogP contribution in [0.5, 0.6) is 0 Å². The van der Waals surface area contributed by atoms with Crippen LogP contribution in [0.15, 0.2) is 126 Å². The van der Waals surface area contributed by atoms with Crippen LogP contribution in [0.3, 0.4) is 0 Å². The van der Waals surface area contributed by atoms with Crippen LogP contribution in [0.1, 0.15) is 0 Å². The highest BCUT2D eigenvalue weighted by atomic mass is 79.9. The highest BCUT2D eigenvalue weighted by Gasteiger charge is 2.13. The zero-order valence-electron chi connectivity index (χ0n) is 17.4. The average Bonchev–Trinajstić information content (AvgIpc) is 3.18. The smallest absolute Gasteiger partial charge is 0.0541 e. The Labute approximate surface area is 195 Å². The van der Waals surface area contributed by atoms with Gasteiger partial charge in [-0.2, -0.15) is 0 Å². The largest absolute Gasteiger partial charge is 0.309 e. The fraction of sp³-hybridized carbons (Fsp3) is 0. The van der Waals surface area contributed by atoms with Gasteiger partial charge in [0.05, 0.1) is 11.0 Å². The first-order valence-electron chi connectivity index (χ1n) is 10.7. The molecule has 0 aliphatic rings. The van der Waals surface area contributed by atoms with Crippen molar-refractivity contribution in [3.8, 4) is 27.9 Å². The summed E-state index contributed by atoms with van der Waals surface area (Å²) in [6, 6.07) is 43.3. The lowest BCUT2D eigenvalue weighted by Gasteiger charge is -2.12. The number of para-hydroxylation sites is 1. The first-order chi connectivity index (χ1) is 15.8. The predicted molar refractivity (Wildman–Crippen MR) is 139 cm³/mol. The molecule has 0 radical (unpaired) electrons. The lowest BCUT2D eigenvalue weighted by molar-refractivity contribution is 1.18. The van der Waals surface area contributed by atoms with Gasteiger partial charge < -0.3 is 4.57 Å². The highest BCUT2D eigenvalue weighted by Crippen LogP contribution is 2.36. The van der Waals surface area contributed by atoms with E-state index < -0.39 is 0 Å². The monoisotopic (exact) mass is 473 g/mol. The van der Waals surface area contributed by atoms with Crippen LogP contribution in [0, 0.1) is 0 Å². The van der Waals surface area contributed by atoms with Crippen LogP contribution in [0.2, 0.25) is 0 Å². The Bertz CT molecular complexity index is 1560. The van der Waals surface area contributed by atoms with Gasteiger partial charge in [0.15, 0.2) is 0 Å². The van der Waals surface area contributed by atoms with Crippen molar-refractivity contribution in [1.29, 1.82) is 0 Å². The molecule has 1 nitrogen and oxygen atoms in total. The molecular formula is C30H20BrN. The molecule has 0 N–H and O–H groups in total. The van der Waals surface area contributed by atoms with Crippen molar-refractivity contribution in [2.75, 3.05) is 0 Å². The second-order valence-corrected chi connectivity index (χ2v) is 8.89. The maximum atomic E-state index is 3.64. The summed E-state index contributed by atoms with van der Waals surface area (Å²) in [5.74, 6) is 0. The van der Waals surface area contributed by atoms with Crippen LogP contribution < -0.4 is 0 Å². The van der Waals surface area contributed by atoms with E-state index in [1.165, 1.54) is 49.7 Å². The normalized spacial score (nSPS) is 11.3. The number of halogens is 1. The summed E-state index contributed by atoms with van der Waals surface area (Å²) in [6.45, 7) is 0. The van der Waals surface area contributed by atoms with Crippen molar-refractivity contribution in [2.45, 2.75) is 0 Å². The molecule has 0 saturated carbocycles. The molecule has 0 bridgehead atoms. The molecule has 0 aliphatic heterocycles. The third kappa shape index (κ3) is 3.16. The van der Waals surface area contributed by atoms with Gasteiger partial charge in [0.1, 0.15) is 0 Å². The summed E-state index contributed by atoms with van der Waals surface area (Å²) >= 11 is 3.64. The molecule has 2 heteroatoms. The standard InChI is InChI=1S/C30H20BrN/c31-23-16-19-30-28(20-23)27-12-6-7-13-29(27)32(30)24-17-14-22(15-18-24)26-11-5-4-10-25(26)21-8-2-1-3-9-21/h1-20H. The van der Waals surface area contributed by atoms with Crippen molar-refractivity contribution in [2.24, 2.45) is 0 Å². The van der Waals surface area contributed by atoms with Gasteiger partial charge in [0.25, 0.3) is 0 Å². The van der Waals surface area contributed by atoms with Crippen molar-refractivity contribution < 1.29 is 0 Å². The molecule has 0 amide bonds. The average molecular weight is 474 g/mol. The summed E-state index contributed by atoms with van der Waals surface area (Å²) < 4.78 is 3.45. The molecule has 1 heterocycles. The summed E-state index contributed by atoms with van der Waals surface area (Å²) in [4.78, 5) is 0. The van der Waals surface area contributed by atoms with E-state index in [0.717, 1.165) is 4.47 Å². The minimum Gasteiger partial charge on any atom is -0.309 e. The molecule has 0 aliphatic carbocycles. The molecular weight excluding hydrogens is 454 g/mol. The van der Waals surface area contributed by atoms with Crippen LogP contribution in [0.4, 0.5) is 0 Å². The summed E-state index contributed by atoms with van der Waals surface area (Å²) in [7, 11) is 0. The van der Waals surface area contributed by atoms with E-state index >= 15 is 0 Å². The number of aromatic nitrogens is 1. The van der Waals surface area contributed by atoms with Gasteiger partial charge >= 0.3 is 0 Å². The quantitative estimate of drug-likeness (QED) is 0.241. The first kappa shape index (κ1) is 19.1. The first-order valence-corrected chi connectivity index (χ1v) is 11.5. The molecule has 152 valence electrons. The zero-order chi connectivity index (χ0) is 21.5. The maximum absolute atomic E-state index is 3.64. The number of fused-ring (bicyclic) bond motifs is 3. The van der Waals surface area contributed by atoms with Crippen molar-refractivity contribution >= 4 is 37.7 Å². The lowest BCUT2D eigenvalue weighted by atomic mass is 9.94. The Hall–Kier alpha value is -3.62. The van der Waals surface area contributed by atoms with Gasteiger partial charge in [-0.3, -0.25) is 0 Å². The molecule has 5 aromatic carbocycles. The topological polar surface area (TPSA) is 4.93 Å². The second-order valence-electron chi connectivity index (χ2n) is 7.97. The van der Waals surface area contributed by atoms with Gasteiger partial charge in [-0.1, -0.05) is 101 Å². The fourth-order valence-electron chi connectivity index (χ4n) is 4.62. The molecule has 0 atom stereocenters. The van der Waals surface area contributed by atoms with E-state index in [1.807, 2.05) is 0 Å². The molecule has 1 aromatic heterocycles. The van der Waals surface area contributed by atoms with Crippen LogP contribution in [-0.2, 0) is 0 Å². The number of hydrogen-bond acceptors (Lipinski definition) is 0. The van der Waals surface area contributed by atoms with Gasteiger partial charge in [0, 0.05) is 20.9 Å². The van der Waals surface area contributed by atoms with E-state index in [1.54, 1.807) is 0 Å². The maximum Gasteiger partial charge on any atom is 0.0541 e. The molecule has 0 unspecified atom stereocenters. The Balaban J connectivity index is 1.50. The highest BCUT2D eigenvalue weighted by molar-refractivity contribution is 9.10. The third-order valence-corrected chi connectivity index (χ3v) is 6.58. The molecule has 0 spiro atoms. The zero-order valence-corrected chi connectivity index (χ0v) is 19.0. The fourth-order valence-corrected chi connectivity index (χ4v) is 4.98.